The van der Waals surface area contributed by atoms with E-state index in [1.165, 1.54) is 16.9 Å². The third-order valence-corrected chi connectivity index (χ3v) is 5.60. The fraction of sp³-hybridized carbons (Fsp3) is 0.0588. The Hall–Kier alpha value is -1.50. The smallest absolute Gasteiger partial charge is 0.253 e. The predicted molar refractivity (Wildman–Crippen MR) is 102 cm³/mol. The number of hydrogen-bond acceptors (Lipinski definition) is 3. The molecule has 6 heteroatoms. The molecule has 114 valence electrons. The molecule has 1 heterocycles. The fourth-order valence-corrected chi connectivity index (χ4v) is 4.37. The van der Waals surface area contributed by atoms with Gasteiger partial charge in [-0.25, -0.2) is 4.98 Å². The first-order valence-electron chi connectivity index (χ1n) is 6.95. The van der Waals surface area contributed by atoms with Crippen LogP contribution in [0.15, 0.2) is 50.9 Å². The maximum absolute atomic E-state index is 12.5. The Kier molecular flexibility index (Phi) is 3.83. The minimum absolute atomic E-state index is 0.0876. The third kappa shape index (κ3) is 2.98. The second-order valence-corrected chi connectivity index (χ2v) is 8.14. The van der Waals surface area contributed by atoms with Crippen molar-refractivity contribution in [3.05, 3.63) is 62.0 Å². The van der Waals surface area contributed by atoms with E-state index < -0.39 is 0 Å². The van der Waals surface area contributed by atoms with Crippen LogP contribution in [0.5, 0.6) is 0 Å². The molecule has 0 saturated carbocycles. The predicted octanol–water partition coefficient (Wildman–Crippen LogP) is 5.40. The molecule has 0 bridgehead atoms. The molecule has 1 aliphatic rings. The molecule has 3 aromatic rings. The van der Waals surface area contributed by atoms with E-state index in [-0.39, 0.29) is 5.91 Å². The third-order valence-electron chi connectivity index (χ3n) is 3.68. The lowest BCUT2D eigenvalue weighted by molar-refractivity contribution is -0.112. The van der Waals surface area contributed by atoms with Gasteiger partial charge in [-0.1, -0.05) is 49.3 Å². The average molecular weight is 450 g/mol. The number of halogens is 2. The number of fused-ring (bicyclic) bond motifs is 2. The monoisotopic (exact) mass is 448 g/mol. The summed E-state index contributed by atoms with van der Waals surface area (Å²) in [6, 6.07) is 12.0. The lowest BCUT2D eigenvalue weighted by Crippen LogP contribution is -2.14. The number of carbonyl (C=O) groups excluding carboxylic acids is 1. The Morgan fingerprint density at radius 3 is 2.78 bits per heavy atom. The number of nitrogens with zero attached hydrogens (tertiary/aromatic N) is 1. The van der Waals surface area contributed by atoms with Crippen LogP contribution in [0.4, 0.5) is 5.13 Å². The topological polar surface area (TPSA) is 42.0 Å². The Morgan fingerprint density at radius 1 is 1.13 bits per heavy atom. The molecule has 1 N–H and O–H groups in total. The number of nitrogens with one attached hydrogen (secondary N) is 1. The van der Waals surface area contributed by atoms with Crippen molar-refractivity contribution in [2.24, 2.45) is 0 Å². The van der Waals surface area contributed by atoms with Crippen molar-refractivity contribution in [2.45, 2.75) is 6.42 Å². The van der Waals surface area contributed by atoms with Crippen LogP contribution in [0.3, 0.4) is 0 Å². The molecule has 1 amide bonds. The van der Waals surface area contributed by atoms with E-state index >= 15 is 0 Å². The highest BCUT2D eigenvalue weighted by atomic mass is 79.9. The van der Waals surface area contributed by atoms with E-state index in [0.717, 1.165) is 30.3 Å². The first kappa shape index (κ1) is 15.1. The van der Waals surface area contributed by atoms with E-state index in [4.69, 9.17) is 0 Å². The minimum Gasteiger partial charge on any atom is -0.298 e. The van der Waals surface area contributed by atoms with Gasteiger partial charge in [0.25, 0.3) is 5.91 Å². The van der Waals surface area contributed by atoms with Gasteiger partial charge in [0, 0.05) is 20.9 Å². The van der Waals surface area contributed by atoms with E-state index in [9.17, 15) is 4.79 Å². The highest BCUT2D eigenvalue weighted by Crippen LogP contribution is 2.31. The molecule has 0 fully saturated rings. The lowest BCUT2D eigenvalue weighted by atomic mass is 10.1. The van der Waals surface area contributed by atoms with Crippen LogP contribution in [0, 0.1) is 0 Å². The summed E-state index contributed by atoms with van der Waals surface area (Å²) in [6.07, 6.45) is 2.60. The van der Waals surface area contributed by atoms with E-state index in [1.54, 1.807) is 0 Å². The molecule has 0 saturated heterocycles. The fourth-order valence-electron chi connectivity index (χ4n) is 2.58. The Morgan fingerprint density at radius 2 is 1.91 bits per heavy atom. The SMILES string of the molecule is O=C(Nc1nc2ccc(Br)cc2s1)C1=Cc2cc(Br)ccc2C1. The van der Waals surface area contributed by atoms with Crippen LogP contribution < -0.4 is 5.32 Å². The first-order chi connectivity index (χ1) is 11.1. The van der Waals surface area contributed by atoms with Gasteiger partial charge in [0.2, 0.25) is 0 Å². The first-order valence-corrected chi connectivity index (χ1v) is 9.35. The number of anilines is 1. The number of carbonyl (C=O) groups is 1. The van der Waals surface area contributed by atoms with Crippen LogP contribution in [-0.4, -0.2) is 10.9 Å². The van der Waals surface area contributed by atoms with Crippen LogP contribution in [0.25, 0.3) is 16.3 Å². The van der Waals surface area contributed by atoms with Crippen LogP contribution >= 0.6 is 43.2 Å². The zero-order valence-electron chi connectivity index (χ0n) is 11.8. The summed E-state index contributed by atoms with van der Waals surface area (Å²) in [5, 5.41) is 3.54. The summed E-state index contributed by atoms with van der Waals surface area (Å²) in [4.78, 5) is 16.9. The van der Waals surface area contributed by atoms with Crippen LogP contribution in [0.1, 0.15) is 11.1 Å². The van der Waals surface area contributed by atoms with Gasteiger partial charge >= 0.3 is 0 Å². The Bertz CT molecular complexity index is 978. The number of hydrogen-bond donors (Lipinski definition) is 1. The molecular formula is C17H10Br2N2OS. The quantitative estimate of drug-likeness (QED) is 0.569. The average Bonchev–Trinajstić information content (AvgIpc) is 3.09. The molecule has 0 atom stereocenters. The number of rotatable bonds is 2. The second-order valence-electron chi connectivity index (χ2n) is 5.27. The van der Waals surface area contributed by atoms with Crippen molar-refractivity contribution in [1.29, 1.82) is 0 Å². The summed E-state index contributed by atoms with van der Waals surface area (Å²) in [5.41, 5.74) is 3.92. The van der Waals surface area contributed by atoms with Crippen molar-refractivity contribution in [1.82, 2.24) is 4.98 Å². The maximum atomic E-state index is 12.5. The van der Waals surface area contributed by atoms with Gasteiger partial charge in [-0.3, -0.25) is 10.1 Å². The summed E-state index contributed by atoms with van der Waals surface area (Å²) in [7, 11) is 0. The molecule has 1 aromatic heterocycles. The van der Waals surface area contributed by atoms with Gasteiger partial charge in [0.05, 0.1) is 10.2 Å². The van der Waals surface area contributed by atoms with E-state index in [1.807, 2.05) is 42.5 Å². The maximum Gasteiger partial charge on any atom is 0.253 e. The normalized spacial score (nSPS) is 13.0. The van der Waals surface area contributed by atoms with E-state index in [2.05, 4.69) is 42.2 Å². The van der Waals surface area contributed by atoms with Crippen molar-refractivity contribution in [3.63, 3.8) is 0 Å². The largest absolute Gasteiger partial charge is 0.298 e. The molecule has 2 aromatic carbocycles. The number of benzene rings is 2. The van der Waals surface area contributed by atoms with Gasteiger partial charge in [-0.2, -0.15) is 0 Å². The highest BCUT2D eigenvalue weighted by Gasteiger charge is 2.19. The molecule has 3 nitrogen and oxygen atoms in total. The summed E-state index contributed by atoms with van der Waals surface area (Å²) < 4.78 is 3.07. The lowest BCUT2D eigenvalue weighted by Gasteiger charge is -2.01. The molecule has 23 heavy (non-hydrogen) atoms. The zero-order valence-corrected chi connectivity index (χ0v) is 15.8. The number of thiazole rings is 1. The van der Waals surface area contributed by atoms with Crippen LogP contribution in [-0.2, 0) is 11.2 Å². The molecule has 1 aliphatic carbocycles. The molecule has 0 spiro atoms. The Labute approximate surface area is 153 Å². The molecule has 4 rings (SSSR count). The number of amides is 1. The van der Waals surface area contributed by atoms with Gasteiger partial charge in [0.1, 0.15) is 0 Å². The van der Waals surface area contributed by atoms with Crippen molar-refractivity contribution in [2.75, 3.05) is 5.32 Å². The highest BCUT2D eigenvalue weighted by molar-refractivity contribution is 9.10. The molecule has 0 unspecified atom stereocenters. The standard InChI is InChI=1S/C17H10Br2N2OS/c18-12-2-1-9-5-11(6-10(9)7-12)16(22)21-17-20-14-4-3-13(19)8-15(14)23-17/h1-4,6-8H,5H2,(H,20,21,22). The zero-order chi connectivity index (χ0) is 16.0. The number of aromatic nitrogens is 1. The Balaban J connectivity index is 1.57. The van der Waals surface area contributed by atoms with Gasteiger partial charge in [-0.05, 0) is 47.5 Å². The summed E-state index contributed by atoms with van der Waals surface area (Å²) in [5.74, 6) is -0.0876. The molecule has 0 aliphatic heterocycles. The molecule has 0 radical (unpaired) electrons. The molecular weight excluding hydrogens is 440 g/mol. The van der Waals surface area contributed by atoms with Crippen molar-refractivity contribution in [3.8, 4) is 0 Å². The van der Waals surface area contributed by atoms with Gasteiger partial charge in [-0.15, -0.1) is 0 Å². The van der Waals surface area contributed by atoms with Crippen molar-refractivity contribution >= 4 is 70.5 Å². The van der Waals surface area contributed by atoms with Gasteiger partial charge < -0.3 is 0 Å². The summed E-state index contributed by atoms with van der Waals surface area (Å²) >= 11 is 8.38. The second kappa shape index (κ2) is 5.85. The van der Waals surface area contributed by atoms with Crippen LogP contribution in [0.2, 0.25) is 0 Å². The minimum atomic E-state index is -0.0876. The summed E-state index contributed by atoms with van der Waals surface area (Å²) in [6.45, 7) is 0. The van der Waals surface area contributed by atoms with Crippen molar-refractivity contribution < 1.29 is 4.79 Å². The van der Waals surface area contributed by atoms with E-state index in [0.29, 0.717) is 11.6 Å². The van der Waals surface area contributed by atoms with Gasteiger partial charge in [0.15, 0.2) is 5.13 Å².